The lowest BCUT2D eigenvalue weighted by Crippen LogP contribution is -2.56. The van der Waals surface area contributed by atoms with Gasteiger partial charge in [-0.1, -0.05) is 6.07 Å². The number of piperidine rings is 1. The highest BCUT2D eigenvalue weighted by Gasteiger charge is 2.47. The van der Waals surface area contributed by atoms with Crippen molar-refractivity contribution in [1.29, 1.82) is 0 Å². The third kappa shape index (κ3) is 7.15. The molecule has 14 heteroatoms. The molecule has 0 spiro atoms. The first-order valence-electron chi connectivity index (χ1n) is 15.9. The molecule has 7 atom stereocenters. The molecule has 12 nitrogen and oxygen atoms in total. The lowest BCUT2D eigenvalue weighted by atomic mass is 10.0. The summed E-state index contributed by atoms with van der Waals surface area (Å²) in [5.74, 6) is -2.26. The number of fused-ring (bicyclic) bond motifs is 6. The second kappa shape index (κ2) is 13.5. The van der Waals surface area contributed by atoms with Crippen molar-refractivity contribution in [2.45, 2.75) is 87.8 Å². The molecule has 3 N–H and O–H groups in total. The van der Waals surface area contributed by atoms with Crippen LogP contribution in [0, 0.1) is 11.6 Å². The minimum Gasteiger partial charge on any atom is -0.388 e. The van der Waals surface area contributed by atoms with E-state index in [-0.39, 0.29) is 49.3 Å². The first-order chi connectivity index (χ1) is 21.5. The van der Waals surface area contributed by atoms with Gasteiger partial charge in [0.1, 0.15) is 12.2 Å². The van der Waals surface area contributed by atoms with E-state index in [9.17, 15) is 33.4 Å². The SMILES string of the molecule is CC(=O)N1CCC(N2C[C@@H]3C[C@H]2C(=O)N2CCO[C@H](CN(Cc4ccc(F)c(F)c4)C[C@H]4O[C@@H](CC(=O)N3)[C@H](O)[C@@H]4O)C2)CC1. The third-order valence-electron chi connectivity index (χ3n) is 9.96. The van der Waals surface area contributed by atoms with Gasteiger partial charge in [-0.25, -0.2) is 8.78 Å². The van der Waals surface area contributed by atoms with Crippen molar-refractivity contribution in [2.75, 3.05) is 52.4 Å². The van der Waals surface area contributed by atoms with Gasteiger partial charge in [-0.15, -0.1) is 0 Å². The molecule has 6 rings (SSSR count). The predicted molar refractivity (Wildman–Crippen MR) is 156 cm³/mol. The number of morpholine rings is 1. The van der Waals surface area contributed by atoms with Crippen molar-refractivity contribution >= 4 is 17.7 Å². The molecule has 5 aliphatic rings. The van der Waals surface area contributed by atoms with Crippen molar-refractivity contribution in [1.82, 2.24) is 24.9 Å². The first kappa shape index (κ1) is 32.2. The van der Waals surface area contributed by atoms with Gasteiger partial charge in [0.2, 0.25) is 17.7 Å². The molecule has 5 heterocycles. The third-order valence-corrected chi connectivity index (χ3v) is 9.96. The minimum absolute atomic E-state index is 0.0254. The van der Waals surface area contributed by atoms with Crippen LogP contribution in [0.1, 0.15) is 38.2 Å². The van der Waals surface area contributed by atoms with Crippen LogP contribution in [0.25, 0.3) is 0 Å². The molecule has 5 fully saturated rings. The molecule has 0 radical (unpaired) electrons. The summed E-state index contributed by atoms with van der Waals surface area (Å²) in [4.78, 5) is 46.9. The summed E-state index contributed by atoms with van der Waals surface area (Å²) in [7, 11) is 0. The minimum atomic E-state index is -1.29. The van der Waals surface area contributed by atoms with E-state index in [1.165, 1.54) is 6.07 Å². The van der Waals surface area contributed by atoms with Crippen LogP contribution in [0.4, 0.5) is 8.78 Å². The van der Waals surface area contributed by atoms with Gasteiger partial charge in [0.05, 0.1) is 37.4 Å². The zero-order chi connectivity index (χ0) is 31.8. The quantitative estimate of drug-likeness (QED) is 0.400. The Morgan fingerprint density at radius 3 is 2.49 bits per heavy atom. The van der Waals surface area contributed by atoms with E-state index in [4.69, 9.17) is 9.47 Å². The summed E-state index contributed by atoms with van der Waals surface area (Å²) in [6.45, 7) is 4.94. The molecule has 1 aromatic rings. The molecule has 0 saturated carbocycles. The topological polar surface area (TPSA) is 135 Å². The number of likely N-dealkylation sites (tertiary alicyclic amines) is 2. The van der Waals surface area contributed by atoms with Crippen LogP contribution in [0.15, 0.2) is 18.2 Å². The summed E-state index contributed by atoms with van der Waals surface area (Å²) in [6.07, 6.45) is -2.99. The van der Waals surface area contributed by atoms with E-state index in [2.05, 4.69) is 10.2 Å². The maximum absolute atomic E-state index is 14.1. The number of ether oxygens (including phenoxy) is 2. The van der Waals surface area contributed by atoms with E-state index >= 15 is 0 Å². The molecule has 45 heavy (non-hydrogen) atoms. The summed E-state index contributed by atoms with van der Waals surface area (Å²) in [5, 5.41) is 24.7. The van der Waals surface area contributed by atoms with Gasteiger partial charge in [0, 0.05) is 71.4 Å². The highest BCUT2D eigenvalue weighted by Crippen LogP contribution is 2.30. The Kier molecular flexibility index (Phi) is 9.69. The van der Waals surface area contributed by atoms with Crippen LogP contribution in [-0.2, 0) is 30.4 Å². The molecule has 0 unspecified atom stereocenters. The van der Waals surface area contributed by atoms with Crippen molar-refractivity contribution in [2.24, 2.45) is 0 Å². The normalized spacial score (nSPS) is 34.3. The smallest absolute Gasteiger partial charge is 0.240 e. The zero-order valence-corrected chi connectivity index (χ0v) is 25.5. The Labute approximate surface area is 261 Å². The molecule has 248 valence electrons. The lowest BCUT2D eigenvalue weighted by molar-refractivity contribution is -0.146. The standard InChI is InChI=1S/C31H43F2N5O7/c1-18(39)36-6-4-21(5-7-36)38-14-20-11-25(38)31(43)37-8-9-44-22(16-37)15-35(13-19-2-3-23(32)24(33)10-19)17-27-30(42)29(41)26(45-27)12-28(40)34-20/h2-3,10,20-22,25-27,29-30,41-42H,4-9,11-17H2,1H3,(H,34,40)/t20-,22+,25-,26-,27+,29-,30+/m0/s1. The molecule has 5 aliphatic heterocycles. The second-order valence-electron chi connectivity index (χ2n) is 13.1. The Balaban J connectivity index is 1.25. The predicted octanol–water partition coefficient (Wildman–Crippen LogP) is -0.543. The lowest BCUT2D eigenvalue weighted by Gasteiger charge is -2.41. The van der Waals surface area contributed by atoms with Gasteiger partial charge in [-0.3, -0.25) is 24.2 Å². The van der Waals surface area contributed by atoms with E-state index in [1.807, 2.05) is 14.7 Å². The fraction of sp³-hybridized carbons (Fsp3) is 0.710. The number of amides is 3. The number of nitrogens with one attached hydrogen (secondary N) is 1. The van der Waals surface area contributed by atoms with E-state index in [0.717, 1.165) is 25.0 Å². The number of halogens is 2. The van der Waals surface area contributed by atoms with Crippen molar-refractivity contribution in [3.05, 3.63) is 35.4 Å². The van der Waals surface area contributed by atoms with Crippen molar-refractivity contribution < 1.29 is 42.9 Å². The number of carbonyl (C=O) groups excluding carboxylic acids is 3. The number of aliphatic hydroxyl groups is 2. The molecule has 0 aliphatic carbocycles. The highest BCUT2D eigenvalue weighted by molar-refractivity contribution is 5.83. The van der Waals surface area contributed by atoms with Crippen LogP contribution >= 0.6 is 0 Å². The number of hydrogen-bond donors (Lipinski definition) is 3. The molecule has 0 aromatic heterocycles. The molecule has 5 saturated heterocycles. The molecular weight excluding hydrogens is 592 g/mol. The van der Waals surface area contributed by atoms with Gasteiger partial charge in [-0.2, -0.15) is 0 Å². The Morgan fingerprint density at radius 1 is 1.00 bits per heavy atom. The number of carbonyl (C=O) groups is 3. The van der Waals surface area contributed by atoms with Gasteiger partial charge in [0.25, 0.3) is 0 Å². The van der Waals surface area contributed by atoms with Gasteiger partial charge in [-0.05, 0) is 37.0 Å². The van der Waals surface area contributed by atoms with E-state index in [0.29, 0.717) is 57.9 Å². The summed E-state index contributed by atoms with van der Waals surface area (Å²) in [6, 6.07) is 3.00. The Morgan fingerprint density at radius 2 is 1.76 bits per heavy atom. The first-order valence-corrected chi connectivity index (χ1v) is 15.9. The summed E-state index contributed by atoms with van der Waals surface area (Å²) < 4.78 is 39.8. The van der Waals surface area contributed by atoms with Gasteiger partial charge in [0.15, 0.2) is 11.6 Å². The molecular formula is C31H43F2N5O7. The number of benzene rings is 1. The van der Waals surface area contributed by atoms with Crippen LogP contribution in [-0.4, -0.2) is 149 Å². The van der Waals surface area contributed by atoms with Crippen LogP contribution in [0.3, 0.4) is 0 Å². The van der Waals surface area contributed by atoms with Crippen LogP contribution in [0.5, 0.6) is 0 Å². The van der Waals surface area contributed by atoms with E-state index < -0.39 is 48.2 Å². The largest absolute Gasteiger partial charge is 0.388 e. The zero-order valence-electron chi connectivity index (χ0n) is 25.5. The van der Waals surface area contributed by atoms with Crippen molar-refractivity contribution in [3.8, 4) is 0 Å². The average Bonchev–Trinajstić information content (AvgIpc) is 3.54. The Bertz CT molecular complexity index is 1270. The Hall–Kier alpha value is -2.75. The van der Waals surface area contributed by atoms with Crippen molar-refractivity contribution in [3.63, 3.8) is 0 Å². The second-order valence-corrected chi connectivity index (χ2v) is 13.1. The number of hydrogen-bond acceptors (Lipinski definition) is 9. The average molecular weight is 636 g/mol. The highest BCUT2D eigenvalue weighted by atomic mass is 19.2. The number of nitrogens with zero attached hydrogens (tertiary/aromatic N) is 4. The fourth-order valence-corrected chi connectivity index (χ4v) is 7.62. The summed E-state index contributed by atoms with van der Waals surface area (Å²) in [5.41, 5.74) is 0.500. The summed E-state index contributed by atoms with van der Waals surface area (Å²) >= 11 is 0. The monoisotopic (exact) mass is 635 g/mol. The van der Waals surface area contributed by atoms with Crippen LogP contribution in [0.2, 0.25) is 0 Å². The number of aliphatic hydroxyl groups excluding tert-OH is 2. The molecule has 1 aromatic carbocycles. The molecule has 3 amide bonds. The van der Waals surface area contributed by atoms with Gasteiger partial charge >= 0.3 is 0 Å². The fourth-order valence-electron chi connectivity index (χ4n) is 7.62. The molecule has 6 bridgehead atoms. The van der Waals surface area contributed by atoms with Crippen LogP contribution < -0.4 is 5.32 Å². The maximum Gasteiger partial charge on any atom is 0.240 e. The van der Waals surface area contributed by atoms with E-state index in [1.54, 1.807) is 6.92 Å². The maximum atomic E-state index is 14.1. The van der Waals surface area contributed by atoms with Gasteiger partial charge < -0.3 is 34.8 Å². The number of rotatable bonds is 3.